The van der Waals surface area contributed by atoms with Crippen molar-refractivity contribution in [2.24, 2.45) is 5.14 Å². The van der Waals surface area contributed by atoms with Gasteiger partial charge >= 0.3 is 0 Å². The highest BCUT2D eigenvalue weighted by Crippen LogP contribution is 2.20. The lowest BCUT2D eigenvalue weighted by Crippen LogP contribution is -2.34. The van der Waals surface area contributed by atoms with Gasteiger partial charge in [-0.15, -0.1) is 0 Å². The van der Waals surface area contributed by atoms with E-state index in [-0.39, 0.29) is 22.4 Å². The Morgan fingerprint density at radius 3 is 1.89 bits per heavy atom. The lowest BCUT2D eigenvalue weighted by atomic mass is 10.0. The van der Waals surface area contributed by atoms with Crippen molar-refractivity contribution in [3.8, 4) is 0 Å². The smallest absolute Gasteiger partial charge is 0.240 e. The van der Waals surface area contributed by atoms with Gasteiger partial charge in [-0.05, 0) is 55.9 Å². The maximum Gasteiger partial charge on any atom is 0.240 e. The summed E-state index contributed by atoms with van der Waals surface area (Å²) in [5, 5.41) is 5.03. The molecule has 2 rings (SSSR count). The molecule has 9 heteroatoms. The minimum atomic E-state index is -3.87. The van der Waals surface area contributed by atoms with Crippen LogP contribution in [0.5, 0.6) is 0 Å². The number of hydrogen-bond donors (Lipinski definition) is 2. The highest BCUT2D eigenvalue weighted by atomic mass is 32.2. The molecule has 27 heavy (non-hydrogen) atoms. The lowest BCUT2D eigenvalue weighted by molar-refractivity contribution is 0.299. The second-order valence-corrected chi connectivity index (χ2v) is 9.77. The number of nitrogens with two attached hydrogens (primary N) is 1. The molecule has 2 aromatic rings. The van der Waals surface area contributed by atoms with Gasteiger partial charge in [0.25, 0.3) is 0 Å². The van der Waals surface area contributed by atoms with Crippen molar-refractivity contribution >= 4 is 20.0 Å². The van der Waals surface area contributed by atoms with Crippen molar-refractivity contribution in [3.63, 3.8) is 0 Å². The van der Waals surface area contributed by atoms with Gasteiger partial charge < -0.3 is 4.90 Å². The highest BCUT2D eigenvalue weighted by Gasteiger charge is 2.20. The molecule has 3 N–H and O–H groups in total. The first kappa shape index (κ1) is 21.5. The Morgan fingerprint density at radius 1 is 0.926 bits per heavy atom. The number of aryl methyl sites for hydroxylation is 1. The third kappa shape index (κ3) is 5.60. The summed E-state index contributed by atoms with van der Waals surface area (Å²) in [5.41, 5.74) is 2.22. The van der Waals surface area contributed by atoms with Crippen LogP contribution in [0, 0.1) is 0 Å². The molecule has 1 atom stereocenters. The minimum Gasteiger partial charge on any atom is -0.301 e. The first-order chi connectivity index (χ1) is 12.5. The maximum atomic E-state index is 12.5. The van der Waals surface area contributed by atoms with Crippen LogP contribution in [0.1, 0.15) is 24.1 Å². The summed E-state index contributed by atoms with van der Waals surface area (Å²) in [6.45, 7) is 2.26. The van der Waals surface area contributed by atoms with Gasteiger partial charge in [0.1, 0.15) is 0 Å². The van der Waals surface area contributed by atoms with Gasteiger partial charge in [0.15, 0.2) is 0 Å². The van der Waals surface area contributed by atoms with Crippen LogP contribution in [0.15, 0.2) is 58.3 Å². The Labute approximate surface area is 161 Å². The average Bonchev–Trinajstić information content (AvgIpc) is 2.61. The molecule has 0 spiro atoms. The minimum absolute atomic E-state index is 0.0197. The van der Waals surface area contributed by atoms with E-state index in [0.29, 0.717) is 0 Å². The summed E-state index contributed by atoms with van der Waals surface area (Å²) in [7, 11) is -3.88. The summed E-state index contributed by atoms with van der Waals surface area (Å²) in [5.74, 6) is 0. The molecule has 0 bridgehead atoms. The van der Waals surface area contributed by atoms with E-state index in [1.165, 1.54) is 29.8 Å². The van der Waals surface area contributed by atoms with Crippen LogP contribution in [0.4, 0.5) is 0 Å². The molecule has 0 saturated heterocycles. The Bertz CT molecular complexity index is 968. The van der Waals surface area contributed by atoms with Crippen molar-refractivity contribution < 1.29 is 16.8 Å². The van der Waals surface area contributed by atoms with E-state index in [1.807, 2.05) is 43.3 Å². The number of hydrogen-bond acceptors (Lipinski definition) is 5. The zero-order valence-electron chi connectivity index (χ0n) is 15.6. The van der Waals surface area contributed by atoms with Crippen molar-refractivity contribution in [3.05, 3.63) is 59.7 Å². The van der Waals surface area contributed by atoms with Crippen LogP contribution < -0.4 is 9.86 Å². The summed E-state index contributed by atoms with van der Waals surface area (Å²) in [6.07, 6.45) is 0.939. The van der Waals surface area contributed by atoms with Gasteiger partial charge in [0.05, 0.1) is 9.79 Å². The highest BCUT2D eigenvalue weighted by molar-refractivity contribution is 7.89. The molecule has 0 heterocycles. The molecule has 0 aliphatic rings. The van der Waals surface area contributed by atoms with E-state index >= 15 is 0 Å². The molecule has 148 valence electrons. The SMILES string of the molecule is CCc1ccc(C(CNS(=O)(=O)c2ccc(S(N)(=O)=O)cc2)N(C)C)cc1. The van der Waals surface area contributed by atoms with E-state index in [2.05, 4.69) is 11.6 Å². The van der Waals surface area contributed by atoms with Crippen LogP contribution in [0.3, 0.4) is 0 Å². The summed E-state index contributed by atoms with van der Waals surface area (Å²) in [4.78, 5) is 1.78. The molecular weight excluding hydrogens is 386 g/mol. The zero-order chi connectivity index (χ0) is 20.2. The summed E-state index contributed by atoms with van der Waals surface area (Å²) < 4.78 is 50.3. The third-order valence-corrected chi connectivity index (χ3v) is 6.69. The molecule has 0 aliphatic carbocycles. The second-order valence-electron chi connectivity index (χ2n) is 6.44. The van der Waals surface area contributed by atoms with E-state index in [9.17, 15) is 16.8 Å². The van der Waals surface area contributed by atoms with Crippen LogP contribution in [0.25, 0.3) is 0 Å². The third-order valence-electron chi connectivity index (χ3n) is 4.33. The van der Waals surface area contributed by atoms with Gasteiger partial charge in [0, 0.05) is 12.6 Å². The fourth-order valence-electron chi connectivity index (χ4n) is 2.65. The fourth-order valence-corrected chi connectivity index (χ4v) is 4.21. The van der Waals surface area contributed by atoms with Crippen LogP contribution in [-0.2, 0) is 26.5 Å². The van der Waals surface area contributed by atoms with Gasteiger partial charge in [-0.1, -0.05) is 31.2 Å². The number of nitrogens with zero attached hydrogens (tertiary/aromatic N) is 1. The molecule has 0 aliphatic heterocycles. The van der Waals surface area contributed by atoms with Crippen molar-refractivity contribution in [1.82, 2.24) is 9.62 Å². The van der Waals surface area contributed by atoms with E-state index in [0.717, 1.165) is 12.0 Å². The van der Waals surface area contributed by atoms with Crippen molar-refractivity contribution in [1.29, 1.82) is 0 Å². The second kappa shape index (κ2) is 8.49. The Balaban J connectivity index is 2.17. The zero-order valence-corrected chi connectivity index (χ0v) is 17.2. The number of sulfonamides is 2. The average molecular weight is 412 g/mol. The van der Waals surface area contributed by atoms with Gasteiger partial charge in [-0.2, -0.15) is 0 Å². The van der Waals surface area contributed by atoms with Crippen molar-refractivity contribution in [2.75, 3.05) is 20.6 Å². The molecule has 0 fully saturated rings. The largest absolute Gasteiger partial charge is 0.301 e. The molecule has 0 radical (unpaired) electrons. The van der Waals surface area contributed by atoms with Gasteiger partial charge in [0.2, 0.25) is 20.0 Å². The Morgan fingerprint density at radius 2 is 1.44 bits per heavy atom. The van der Waals surface area contributed by atoms with Crippen molar-refractivity contribution in [2.45, 2.75) is 29.2 Å². The predicted molar refractivity (Wildman–Crippen MR) is 105 cm³/mol. The number of benzene rings is 2. The maximum absolute atomic E-state index is 12.5. The molecule has 7 nitrogen and oxygen atoms in total. The molecular formula is C18H25N3O4S2. The first-order valence-corrected chi connectivity index (χ1v) is 11.5. The Kier molecular flexibility index (Phi) is 6.77. The molecule has 0 saturated carbocycles. The fraction of sp³-hybridized carbons (Fsp3) is 0.333. The first-order valence-electron chi connectivity index (χ1n) is 8.42. The van der Waals surface area contributed by atoms with Crippen LogP contribution >= 0.6 is 0 Å². The number of likely N-dealkylation sites (N-methyl/N-ethyl adjacent to an activating group) is 1. The van der Waals surface area contributed by atoms with Gasteiger partial charge in [-0.3, -0.25) is 0 Å². The van der Waals surface area contributed by atoms with E-state index < -0.39 is 20.0 Å². The monoisotopic (exact) mass is 411 g/mol. The van der Waals surface area contributed by atoms with Gasteiger partial charge in [-0.25, -0.2) is 26.7 Å². The topological polar surface area (TPSA) is 110 Å². The number of rotatable bonds is 8. The summed E-state index contributed by atoms with van der Waals surface area (Å²) >= 11 is 0. The molecule has 0 amide bonds. The van der Waals surface area contributed by atoms with E-state index in [1.54, 1.807) is 0 Å². The molecule has 2 aromatic carbocycles. The van der Waals surface area contributed by atoms with Crippen LogP contribution in [-0.4, -0.2) is 42.4 Å². The molecule has 0 aromatic heterocycles. The van der Waals surface area contributed by atoms with E-state index in [4.69, 9.17) is 5.14 Å². The summed E-state index contributed by atoms with van der Waals surface area (Å²) in [6, 6.07) is 12.7. The Hall–Kier alpha value is -1.78. The molecule has 1 unspecified atom stereocenters. The number of primary sulfonamides is 1. The quantitative estimate of drug-likeness (QED) is 0.684. The number of nitrogens with one attached hydrogen (secondary N) is 1. The standard InChI is InChI=1S/C18H25N3O4S2/c1-4-14-5-7-15(8-6-14)18(21(2)3)13-20-27(24,25)17-11-9-16(10-12-17)26(19,22)23/h5-12,18,20H,4,13H2,1-3H3,(H2,19,22,23). The lowest BCUT2D eigenvalue weighted by Gasteiger charge is -2.25. The normalized spacial score (nSPS) is 13.7. The predicted octanol–water partition coefficient (Wildman–Crippen LogP) is 1.48. The van der Waals surface area contributed by atoms with Crippen LogP contribution in [0.2, 0.25) is 0 Å².